The number of benzene rings is 2. The SMILES string of the molecule is CCCCCC(=Nc1ccc(C)c(C)c1)C(C)=Nc1ccc(C)c(C)c1. The van der Waals surface area contributed by atoms with Gasteiger partial charge in [0.15, 0.2) is 0 Å². The van der Waals surface area contributed by atoms with Gasteiger partial charge < -0.3 is 0 Å². The maximum absolute atomic E-state index is 4.95. The summed E-state index contributed by atoms with van der Waals surface area (Å²) in [6.07, 6.45) is 4.56. The van der Waals surface area contributed by atoms with Crippen LogP contribution in [0.2, 0.25) is 0 Å². The molecular weight excluding hydrogens is 316 g/mol. The second kappa shape index (κ2) is 9.47. The summed E-state index contributed by atoms with van der Waals surface area (Å²) in [5, 5.41) is 0. The summed E-state index contributed by atoms with van der Waals surface area (Å²) in [6.45, 7) is 12.9. The molecule has 0 heterocycles. The average molecular weight is 349 g/mol. The molecule has 2 heteroatoms. The molecule has 0 aliphatic carbocycles. The lowest BCUT2D eigenvalue weighted by Crippen LogP contribution is -2.10. The Morgan fingerprint density at radius 1 is 0.731 bits per heavy atom. The van der Waals surface area contributed by atoms with Gasteiger partial charge in [0.05, 0.1) is 22.8 Å². The Balaban J connectivity index is 2.35. The van der Waals surface area contributed by atoms with Crippen LogP contribution in [0.4, 0.5) is 11.4 Å². The molecule has 2 aromatic rings. The standard InChI is InChI=1S/C24H32N2/c1-7-8-9-10-24(26-23-14-12-18(3)20(5)16-23)21(6)25-22-13-11-17(2)19(4)15-22/h11-16H,7-10H2,1-6H3. The quantitative estimate of drug-likeness (QED) is 0.369. The average Bonchev–Trinajstić information content (AvgIpc) is 2.60. The van der Waals surface area contributed by atoms with Gasteiger partial charge in [0.1, 0.15) is 0 Å². The Labute approximate surface area is 159 Å². The molecule has 0 amide bonds. The topological polar surface area (TPSA) is 24.7 Å². The number of unbranched alkanes of at least 4 members (excludes halogenated alkanes) is 2. The van der Waals surface area contributed by atoms with Crippen molar-refractivity contribution in [1.82, 2.24) is 0 Å². The number of aryl methyl sites for hydroxylation is 4. The van der Waals surface area contributed by atoms with Crippen molar-refractivity contribution >= 4 is 22.8 Å². The number of aliphatic imine (C=N–C) groups is 2. The molecule has 2 nitrogen and oxygen atoms in total. The van der Waals surface area contributed by atoms with E-state index in [4.69, 9.17) is 9.98 Å². The first kappa shape index (κ1) is 20.1. The van der Waals surface area contributed by atoms with Crippen molar-refractivity contribution in [3.8, 4) is 0 Å². The van der Waals surface area contributed by atoms with E-state index >= 15 is 0 Å². The molecule has 0 aliphatic heterocycles. The van der Waals surface area contributed by atoms with Gasteiger partial charge in [-0.3, -0.25) is 9.98 Å². The highest BCUT2D eigenvalue weighted by atomic mass is 14.8. The fraction of sp³-hybridized carbons (Fsp3) is 0.417. The molecule has 0 spiro atoms. The predicted molar refractivity (Wildman–Crippen MR) is 116 cm³/mol. The Bertz CT molecular complexity index is 813. The van der Waals surface area contributed by atoms with E-state index < -0.39 is 0 Å². The summed E-state index contributed by atoms with van der Waals surface area (Å²) < 4.78 is 0. The van der Waals surface area contributed by atoms with Crippen molar-refractivity contribution in [1.29, 1.82) is 0 Å². The number of hydrogen-bond acceptors (Lipinski definition) is 2. The zero-order valence-electron chi connectivity index (χ0n) is 17.2. The zero-order chi connectivity index (χ0) is 19.1. The van der Waals surface area contributed by atoms with Gasteiger partial charge in [0, 0.05) is 0 Å². The molecule has 0 saturated heterocycles. The molecule has 2 aromatic carbocycles. The molecule has 0 saturated carbocycles. The lowest BCUT2D eigenvalue weighted by atomic mass is 10.1. The number of rotatable bonds is 7. The fourth-order valence-corrected chi connectivity index (χ4v) is 2.86. The number of nitrogens with zero attached hydrogens (tertiary/aromatic N) is 2. The van der Waals surface area contributed by atoms with Crippen molar-refractivity contribution in [2.45, 2.75) is 67.2 Å². The van der Waals surface area contributed by atoms with Crippen LogP contribution in [0.3, 0.4) is 0 Å². The summed E-state index contributed by atoms with van der Waals surface area (Å²) >= 11 is 0. The summed E-state index contributed by atoms with van der Waals surface area (Å²) in [7, 11) is 0. The first-order chi connectivity index (χ1) is 12.4. The van der Waals surface area contributed by atoms with Crippen LogP contribution < -0.4 is 0 Å². The van der Waals surface area contributed by atoms with Crippen LogP contribution in [0, 0.1) is 27.7 Å². The van der Waals surface area contributed by atoms with Crippen molar-refractivity contribution in [3.05, 3.63) is 58.7 Å². The third kappa shape index (κ3) is 5.66. The van der Waals surface area contributed by atoms with Gasteiger partial charge in [0.2, 0.25) is 0 Å². The first-order valence-electron chi connectivity index (χ1n) is 9.68. The second-order valence-electron chi connectivity index (χ2n) is 7.25. The lowest BCUT2D eigenvalue weighted by molar-refractivity contribution is 0.744. The Hall–Kier alpha value is -2.22. The van der Waals surface area contributed by atoms with E-state index in [9.17, 15) is 0 Å². The van der Waals surface area contributed by atoms with Crippen molar-refractivity contribution in [2.75, 3.05) is 0 Å². The van der Waals surface area contributed by atoms with E-state index in [0.717, 1.165) is 35.6 Å². The van der Waals surface area contributed by atoms with Gasteiger partial charge in [-0.2, -0.15) is 0 Å². The van der Waals surface area contributed by atoms with E-state index in [1.165, 1.54) is 35.1 Å². The summed E-state index contributed by atoms with van der Waals surface area (Å²) in [5.41, 5.74) is 9.30. The molecule has 0 atom stereocenters. The Kier molecular flexibility index (Phi) is 7.32. The van der Waals surface area contributed by atoms with E-state index in [1.807, 2.05) is 0 Å². The van der Waals surface area contributed by atoms with Gasteiger partial charge in [-0.1, -0.05) is 31.9 Å². The van der Waals surface area contributed by atoms with Crippen LogP contribution >= 0.6 is 0 Å². The first-order valence-corrected chi connectivity index (χ1v) is 9.68. The molecule has 0 bridgehead atoms. The van der Waals surface area contributed by atoms with E-state index in [1.54, 1.807) is 0 Å². The van der Waals surface area contributed by atoms with E-state index in [0.29, 0.717) is 0 Å². The minimum absolute atomic E-state index is 0.973. The molecule has 0 fully saturated rings. The van der Waals surface area contributed by atoms with Gasteiger partial charge in [-0.15, -0.1) is 0 Å². The lowest BCUT2D eigenvalue weighted by Gasteiger charge is -2.09. The van der Waals surface area contributed by atoms with Crippen LogP contribution in [0.15, 0.2) is 46.4 Å². The molecule has 0 unspecified atom stereocenters. The summed E-state index contributed by atoms with van der Waals surface area (Å²) in [4.78, 5) is 9.82. The monoisotopic (exact) mass is 348 g/mol. The van der Waals surface area contributed by atoms with Crippen LogP contribution in [-0.4, -0.2) is 11.4 Å². The second-order valence-corrected chi connectivity index (χ2v) is 7.25. The van der Waals surface area contributed by atoms with Crippen LogP contribution in [-0.2, 0) is 0 Å². The van der Waals surface area contributed by atoms with Crippen LogP contribution in [0.25, 0.3) is 0 Å². The van der Waals surface area contributed by atoms with Crippen molar-refractivity contribution < 1.29 is 0 Å². The van der Waals surface area contributed by atoms with Gasteiger partial charge in [-0.05, 0) is 94.0 Å². The Morgan fingerprint density at radius 2 is 1.27 bits per heavy atom. The molecule has 0 aromatic heterocycles. The molecule has 0 aliphatic rings. The van der Waals surface area contributed by atoms with E-state index in [-0.39, 0.29) is 0 Å². The maximum Gasteiger partial charge on any atom is 0.0636 e. The zero-order valence-corrected chi connectivity index (χ0v) is 17.2. The molecule has 138 valence electrons. The molecule has 26 heavy (non-hydrogen) atoms. The Morgan fingerprint density at radius 3 is 1.77 bits per heavy atom. The minimum atomic E-state index is 0.973. The summed E-state index contributed by atoms with van der Waals surface area (Å²) in [5.74, 6) is 0. The summed E-state index contributed by atoms with van der Waals surface area (Å²) in [6, 6.07) is 12.8. The largest absolute Gasteiger partial charge is 0.252 e. The van der Waals surface area contributed by atoms with E-state index in [2.05, 4.69) is 77.9 Å². The predicted octanol–water partition coefficient (Wildman–Crippen LogP) is 7.37. The number of hydrogen-bond donors (Lipinski definition) is 0. The van der Waals surface area contributed by atoms with Gasteiger partial charge >= 0.3 is 0 Å². The highest BCUT2D eigenvalue weighted by Crippen LogP contribution is 2.21. The van der Waals surface area contributed by atoms with Crippen molar-refractivity contribution in [3.63, 3.8) is 0 Å². The molecule has 2 rings (SSSR count). The van der Waals surface area contributed by atoms with Crippen molar-refractivity contribution in [2.24, 2.45) is 9.98 Å². The van der Waals surface area contributed by atoms with Crippen LogP contribution in [0.1, 0.15) is 61.8 Å². The third-order valence-corrected chi connectivity index (χ3v) is 4.98. The molecule has 0 N–H and O–H groups in total. The third-order valence-electron chi connectivity index (χ3n) is 4.98. The fourth-order valence-electron chi connectivity index (χ4n) is 2.86. The maximum atomic E-state index is 4.95. The highest BCUT2D eigenvalue weighted by Gasteiger charge is 2.07. The van der Waals surface area contributed by atoms with Crippen LogP contribution in [0.5, 0.6) is 0 Å². The minimum Gasteiger partial charge on any atom is -0.252 e. The van der Waals surface area contributed by atoms with Gasteiger partial charge in [-0.25, -0.2) is 0 Å². The normalized spacial score (nSPS) is 12.5. The molecular formula is C24H32N2. The highest BCUT2D eigenvalue weighted by molar-refractivity contribution is 6.42. The van der Waals surface area contributed by atoms with Gasteiger partial charge in [0.25, 0.3) is 0 Å². The molecule has 0 radical (unpaired) electrons. The smallest absolute Gasteiger partial charge is 0.0636 e.